The highest BCUT2D eigenvalue weighted by molar-refractivity contribution is 5.95. The van der Waals surface area contributed by atoms with Crippen LogP contribution < -0.4 is 5.32 Å². The number of hydrogen-bond donors (Lipinski definition) is 2. The number of nitrogens with one attached hydrogen (secondary N) is 2. The van der Waals surface area contributed by atoms with E-state index in [0.29, 0.717) is 17.9 Å². The molecule has 1 atom stereocenters. The molecule has 0 saturated carbocycles. The molecule has 0 spiro atoms. The Kier molecular flexibility index (Phi) is 4.60. The molecule has 122 valence electrons. The predicted octanol–water partition coefficient (Wildman–Crippen LogP) is 2.61. The topological polar surface area (TPSA) is 83.6 Å². The van der Waals surface area contributed by atoms with Crippen LogP contribution in [0.25, 0.3) is 0 Å². The fourth-order valence-electron chi connectivity index (χ4n) is 2.44. The van der Waals surface area contributed by atoms with Gasteiger partial charge in [-0.25, -0.2) is 4.39 Å². The summed E-state index contributed by atoms with van der Waals surface area (Å²) in [4.78, 5) is 12.7. The molecule has 0 aliphatic carbocycles. The van der Waals surface area contributed by atoms with Gasteiger partial charge in [0.1, 0.15) is 11.7 Å². The lowest BCUT2D eigenvalue weighted by atomic mass is 9.94. The van der Waals surface area contributed by atoms with Crippen molar-refractivity contribution in [2.75, 3.05) is 5.32 Å². The fourth-order valence-corrected chi connectivity index (χ4v) is 2.44. The highest BCUT2D eigenvalue weighted by Crippen LogP contribution is 2.22. The minimum absolute atomic E-state index is 0.272. The van der Waals surface area contributed by atoms with Crippen molar-refractivity contribution in [1.29, 1.82) is 0 Å². The smallest absolute Gasteiger partial charge is 0.235 e. The highest BCUT2D eigenvalue weighted by atomic mass is 19.1. The Morgan fingerprint density at radius 2 is 1.96 bits per heavy atom. The lowest BCUT2D eigenvalue weighted by molar-refractivity contribution is -0.117. The molecule has 0 fully saturated rings. The summed E-state index contributed by atoms with van der Waals surface area (Å²) in [5.74, 6) is -0.915. The lowest BCUT2D eigenvalue weighted by Crippen LogP contribution is -2.24. The number of benzene rings is 2. The summed E-state index contributed by atoms with van der Waals surface area (Å²) in [5.41, 5.74) is 2.63. The second-order valence-electron chi connectivity index (χ2n) is 5.45. The minimum Gasteiger partial charge on any atom is -0.325 e. The summed E-state index contributed by atoms with van der Waals surface area (Å²) in [6.45, 7) is 1.99. The normalized spacial score (nSPS) is 11.9. The maximum Gasteiger partial charge on any atom is 0.235 e. The molecule has 2 N–H and O–H groups in total. The zero-order chi connectivity index (χ0) is 16.9. The first-order valence-electron chi connectivity index (χ1n) is 7.48. The molecular formula is C17H16FN5O. The minimum atomic E-state index is -0.602. The van der Waals surface area contributed by atoms with Gasteiger partial charge in [-0.05, 0) is 48.7 Å². The van der Waals surface area contributed by atoms with E-state index in [1.54, 1.807) is 0 Å². The molecule has 1 amide bonds. The lowest BCUT2D eigenvalue weighted by Gasteiger charge is -2.15. The number of halogens is 1. The Bertz CT molecular complexity index is 817. The van der Waals surface area contributed by atoms with Crippen molar-refractivity contribution in [3.05, 3.63) is 71.3 Å². The number of amides is 1. The molecule has 7 heteroatoms. The van der Waals surface area contributed by atoms with E-state index in [2.05, 4.69) is 25.9 Å². The number of aromatic nitrogens is 4. The summed E-state index contributed by atoms with van der Waals surface area (Å²) in [6, 6.07) is 13.4. The van der Waals surface area contributed by atoms with E-state index < -0.39 is 5.92 Å². The van der Waals surface area contributed by atoms with Gasteiger partial charge < -0.3 is 5.32 Å². The number of hydrogen-bond acceptors (Lipinski definition) is 4. The van der Waals surface area contributed by atoms with Gasteiger partial charge >= 0.3 is 0 Å². The molecule has 0 radical (unpaired) electrons. The van der Waals surface area contributed by atoms with Crippen LogP contribution in [0.1, 0.15) is 22.9 Å². The molecule has 2 aromatic carbocycles. The number of carbonyl (C=O) groups excluding carboxylic acids is 1. The summed E-state index contributed by atoms with van der Waals surface area (Å²) in [5, 5.41) is 16.6. The SMILES string of the molecule is Cc1ccccc1CC(C(=O)Nc1ccc(F)cc1)c1nn[nH]n1. The summed E-state index contributed by atoms with van der Waals surface area (Å²) < 4.78 is 13.0. The largest absolute Gasteiger partial charge is 0.325 e. The van der Waals surface area contributed by atoms with Crippen molar-refractivity contribution < 1.29 is 9.18 Å². The van der Waals surface area contributed by atoms with E-state index in [1.807, 2.05) is 31.2 Å². The van der Waals surface area contributed by atoms with Gasteiger partial charge in [-0.2, -0.15) is 5.21 Å². The standard InChI is InChI=1S/C17H16FN5O/c1-11-4-2-3-5-12(11)10-15(16-20-22-23-21-16)17(24)19-14-8-6-13(18)7-9-14/h2-9,15H,10H2,1H3,(H,19,24)(H,20,21,22,23). The first-order chi connectivity index (χ1) is 11.6. The number of carbonyl (C=O) groups is 1. The van der Waals surface area contributed by atoms with Crippen LogP contribution in [-0.2, 0) is 11.2 Å². The number of nitrogens with zero attached hydrogens (tertiary/aromatic N) is 3. The van der Waals surface area contributed by atoms with Gasteiger partial charge in [0.2, 0.25) is 5.91 Å². The van der Waals surface area contributed by atoms with E-state index in [-0.39, 0.29) is 11.7 Å². The molecule has 0 aliphatic heterocycles. The molecule has 0 bridgehead atoms. The van der Waals surface area contributed by atoms with Crippen LogP contribution in [0, 0.1) is 12.7 Å². The number of H-pyrrole nitrogens is 1. The second kappa shape index (κ2) is 6.99. The van der Waals surface area contributed by atoms with Crippen molar-refractivity contribution in [2.45, 2.75) is 19.3 Å². The maximum absolute atomic E-state index is 13.0. The van der Waals surface area contributed by atoms with E-state index in [0.717, 1.165) is 11.1 Å². The Morgan fingerprint density at radius 3 is 2.62 bits per heavy atom. The van der Waals surface area contributed by atoms with Crippen LogP contribution in [0.4, 0.5) is 10.1 Å². The van der Waals surface area contributed by atoms with Crippen molar-refractivity contribution >= 4 is 11.6 Å². The van der Waals surface area contributed by atoms with Gasteiger partial charge in [-0.1, -0.05) is 29.5 Å². The van der Waals surface area contributed by atoms with Gasteiger partial charge in [0.15, 0.2) is 5.82 Å². The van der Waals surface area contributed by atoms with Crippen LogP contribution in [0.2, 0.25) is 0 Å². The third-order valence-corrected chi connectivity index (χ3v) is 3.79. The number of aryl methyl sites for hydroxylation is 1. The quantitative estimate of drug-likeness (QED) is 0.755. The zero-order valence-electron chi connectivity index (χ0n) is 13.0. The van der Waals surface area contributed by atoms with Crippen LogP contribution in [-0.4, -0.2) is 26.5 Å². The molecule has 3 rings (SSSR count). The third-order valence-electron chi connectivity index (χ3n) is 3.79. The fraction of sp³-hybridized carbons (Fsp3) is 0.176. The monoisotopic (exact) mass is 325 g/mol. The molecule has 1 unspecified atom stereocenters. The predicted molar refractivity (Wildman–Crippen MR) is 86.8 cm³/mol. The Hall–Kier alpha value is -3.09. The number of rotatable bonds is 5. The summed E-state index contributed by atoms with van der Waals surface area (Å²) >= 11 is 0. The van der Waals surface area contributed by atoms with E-state index >= 15 is 0 Å². The van der Waals surface area contributed by atoms with Gasteiger partial charge in [-0.3, -0.25) is 4.79 Å². The Labute approximate surface area is 138 Å². The van der Waals surface area contributed by atoms with Crippen molar-refractivity contribution in [3.8, 4) is 0 Å². The molecule has 1 heterocycles. The second-order valence-corrected chi connectivity index (χ2v) is 5.45. The highest BCUT2D eigenvalue weighted by Gasteiger charge is 2.26. The van der Waals surface area contributed by atoms with Crippen molar-refractivity contribution in [3.63, 3.8) is 0 Å². The molecule has 0 aliphatic rings. The van der Waals surface area contributed by atoms with Crippen molar-refractivity contribution in [2.24, 2.45) is 0 Å². The Morgan fingerprint density at radius 1 is 1.21 bits per heavy atom. The first-order valence-corrected chi connectivity index (χ1v) is 7.48. The first kappa shape index (κ1) is 15.8. The van der Waals surface area contributed by atoms with Gasteiger partial charge in [0.25, 0.3) is 0 Å². The third kappa shape index (κ3) is 3.62. The average Bonchev–Trinajstić information content (AvgIpc) is 3.10. The number of anilines is 1. The van der Waals surface area contributed by atoms with Crippen molar-refractivity contribution in [1.82, 2.24) is 20.6 Å². The molecular weight excluding hydrogens is 309 g/mol. The molecule has 1 aromatic heterocycles. The molecule has 6 nitrogen and oxygen atoms in total. The maximum atomic E-state index is 13.0. The van der Waals surface area contributed by atoms with Gasteiger partial charge in [0, 0.05) is 5.69 Å². The van der Waals surface area contributed by atoms with Gasteiger partial charge in [-0.15, -0.1) is 10.2 Å². The molecule has 3 aromatic rings. The van der Waals surface area contributed by atoms with Gasteiger partial charge in [0.05, 0.1) is 0 Å². The van der Waals surface area contributed by atoms with E-state index in [1.165, 1.54) is 24.3 Å². The van der Waals surface area contributed by atoms with Crippen LogP contribution in [0.3, 0.4) is 0 Å². The van der Waals surface area contributed by atoms with E-state index in [9.17, 15) is 9.18 Å². The average molecular weight is 325 g/mol. The number of aromatic amines is 1. The summed E-state index contributed by atoms with van der Waals surface area (Å²) in [6.07, 6.45) is 0.444. The van der Waals surface area contributed by atoms with Crippen LogP contribution in [0.15, 0.2) is 48.5 Å². The summed E-state index contributed by atoms with van der Waals surface area (Å²) in [7, 11) is 0. The van der Waals surface area contributed by atoms with Crippen LogP contribution in [0.5, 0.6) is 0 Å². The molecule has 24 heavy (non-hydrogen) atoms. The zero-order valence-corrected chi connectivity index (χ0v) is 13.0. The molecule has 0 saturated heterocycles. The Balaban J connectivity index is 1.83. The van der Waals surface area contributed by atoms with Crippen LogP contribution >= 0.6 is 0 Å². The number of tetrazole rings is 1. The van der Waals surface area contributed by atoms with E-state index in [4.69, 9.17) is 0 Å².